The maximum Gasteiger partial charge on any atom is 0.337 e. The summed E-state index contributed by atoms with van der Waals surface area (Å²) in [5.74, 6) is -1.76. The van der Waals surface area contributed by atoms with E-state index in [9.17, 15) is 18.0 Å². The zero-order valence-electron chi connectivity index (χ0n) is 11.2. The van der Waals surface area contributed by atoms with Crippen molar-refractivity contribution in [2.75, 3.05) is 18.1 Å². The second-order valence-corrected chi connectivity index (χ2v) is 6.60. The fourth-order valence-electron chi connectivity index (χ4n) is 1.47. The molecule has 0 bridgehead atoms. The van der Waals surface area contributed by atoms with Crippen molar-refractivity contribution in [1.29, 1.82) is 0 Å². The van der Waals surface area contributed by atoms with Gasteiger partial charge in [-0.05, 0) is 19.1 Å². The van der Waals surface area contributed by atoms with Crippen LogP contribution in [0.1, 0.15) is 33.5 Å². The lowest BCUT2D eigenvalue weighted by Crippen LogP contribution is -2.30. The van der Waals surface area contributed by atoms with Gasteiger partial charge in [0.05, 0.1) is 17.0 Å². The number of rotatable bonds is 6. The van der Waals surface area contributed by atoms with Crippen LogP contribution in [0.2, 0.25) is 0 Å². The average Bonchev–Trinajstić information content (AvgIpc) is 2.37. The number of nitrogens with zero attached hydrogens (tertiary/aromatic N) is 1. The smallest absolute Gasteiger partial charge is 0.337 e. The van der Waals surface area contributed by atoms with Gasteiger partial charge in [0.2, 0.25) is 0 Å². The highest BCUT2D eigenvalue weighted by Crippen LogP contribution is 2.06. The molecule has 7 nitrogen and oxygen atoms in total. The lowest BCUT2D eigenvalue weighted by atomic mass is 10.2. The summed E-state index contributed by atoms with van der Waals surface area (Å²) in [6.07, 6.45) is 0. The number of aromatic nitrogens is 1. The van der Waals surface area contributed by atoms with E-state index in [0.29, 0.717) is 0 Å². The Hall–Kier alpha value is -1.96. The molecule has 0 fully saturated rings. The van der Waals surface area contributed by atoms with Crippen LogP contribution in [0.5, 0.6) is 0 Å². The summed E-state index contributed by atoms with van der Waals surface area (Å²) in [4.78, 5) is 26.4. The molecule has 8 heteroatoms. The van der Waals surface area contributed by atoms with Crippen molar-refractivity contribution in [3.8, 4) is 0 Å². The standard InChI is InChI=1S/C12H16N2O5S/c1-3-20(18,19)7-6-13-11(15)10-5-4-9(12(16)17)8(2)14-10/h4-5H,3,6-7H2,1-2H3,(H,13,15)(H,16,17). The fraction of sp³-hybridized carbons (Fsp3) is 0.417. The minimum absolute atomic E-state index is 0.00356. The third-order valence-corrected chi connectivity index (χ3v) is 4.39. The molecule has 2 N–H and O–H groups in total. The number of nitrogens with one attached hydrogen (secondary N) is 1. The number of aryl methyl sites for hydroxylation is 1. The largest absolute Gasteiger partial charge is 0.478 e. The number of carboxylic acids is 1. The summed E-state index contributed by atoms with van der Waals surface area (Å²) in [6, 6.07) is 2.59. The van der Waals surface area contributed by atoms with Crippen molar-refractivity contribution in [1.82, 2.24) is 10.3 Å². The molecule has 0 spiro atoms. The molecular formula is C12H16N2O5S. The first-order valence-electron chi connectivity index (χ1n) is 5.96. The van der Waals surface area contributed by atoms with Crippen LogP contribution < -0.4 is 5.32 Å². The van der Waals surface area contributed by atoms with Gasteiger partial charge >= 0.3 is 5.97 Å². The van der Waals surface area contributed by atoms with Crippen LogP contribution in [0.15, 0.2) is 12.1 Å². The van der Waals surface area contributed by atoms with E-state index >= 15 is 0 Å². The third-order valence-electron chi connectivity index (χ3n) is 2.69. The van der Waals surface area contributed by atoms with Crippen LogP contribution in [0, 0.1) is 6.92 Å². The molecule has 0 aliphatic heterocycles. The number of aromatic carboxylic acids is 1. The molecule has 0 aliphatic carbocycles. The van der Waals surface area contributed by atoms with Gasteiger partial charge in [-0.3, -0.25) is 4.79 Å². The van der Waals surface area contributed by atoms with Crippen molar-refractivity contribution in [2.45, 2.75) is 13.8 Å². The van der Waals surface area contributed by atoms with Crippen LogP contribution in [0.25, 0.3) is 0 Å². The predicted octanol–water partition coefficient (Wildman–Crippen LogP) is 0.253. The zero-order valence-corrected chi connectivity index (χ0v) is 12.0. The van der Waals surface area contributed by atoms with Crippen LogP contribution >= 0.6 is 0 Å². The number of carbonyl (C=O) groups excluding carboxylic acids is 1. The first-order valence-corrected chi connectivity index (χ1v) is 7.78. The summed E-state index contributed by atoms with van der Waals surface area (Å²) in [7, 11) is -3.14. The second-order valence-electron chi connectivity index (χ2n) is 4.13. The molecule has 110 valence electrons. The molecule has 0 aliphatic rings. The highest BCUT2D eigenvalue weighted by Gasteiger charge is 2.14. The van der Waals surface area contributed by atoms with Gasteiger partial charge in [0.15, 0.2) is 9.84 Å². The van der Waals surface area contributed by atoms with E-state index in [1.54, 1.807) is 0 Å². The van der Waals surface area contributed by atoms with Crippen LogP contribution in [0.4, 0.5) is 0 Å². The fourth-order valence-corrected chi connectivity index (χ4v) is 2.17. The number of hydrogen-bond donors (Lipinski definition) is 2. The van der Waals surface area contributed by atoms with E-state index in [1.165, 1.54) is 26.0 Å². The maximum atomic E-state index is 11.7. The van der Waals surface area contributed by atoms with Crippen molar-refractivity contribution in [2.24, 2.45) is 0 Å². The van der Waals surface area contributed by atoms with Gasteiger partial charge in [-0.2, -0.15) is 0 Å². The summed E-state index contributed by atoms with van der Waals surface area (Å²) < 4.78 is 22.5. The van der Waals surface area contributed by atoms with Gasteiger partial charge in [-0.15, -0.1) is 0 Å². The number of amides is 1. The van der Waals surface area contributed by atoms with Gasteiger partial charge in [-0.1, -0.05) is 6.92 Å². The quantitative estimate of drug-likeness (QED) is 0.778. The third kappa shape index (κ3) is 4.30. The summed E-state index contributed by atoms with van der Waals surface area (Å²) in [5, 5.41) is 11.3. The van der Waals surface area contributed by atoms with Gasteiger partial charge in [0.25, 0.3) is 5.91 Å². The van der Waals surface area contributed by atoms with Gasteiger partial charge in [0.1, 0.15) is 5.69 Å². The minimum atomic E-state index is -3.14. The lowest BCUT2D eigenvalue weighted by molar-refractivity contribution is 0.0694. The zero-order chi connectivity index (χ0) is 15.3. The van der Waals surface area contributed by atoms with E-state index < -0.39 is 21.7 Å². The number of carboxylic acid groups (broad SMARTS) is 1. The van der Waals surface area contributed by atoms with Gasteiger partial charge in [-0.25, -0.2) is 18.2 Å². The number of hydrogen-bond acceptors (Lipinski definition) is 5. The van der Waals surface area contributed by atoms with Crippen LogP contribution in [-0.2, 0) is 9.84 Å². The van der Waals surface area contributed by atoms with E-state index in [0.717, 1.165) is 0 Å². The first-order chi connectivity index (χ1) is 9.26. The molecule has 20 heavy (non-hydrogen) atoms. The molecule has 0 saturated carbocycles. The van der Waals surface area contributed by atoms with Crippen molar-refractivity contribution in [3.05, 3.63) is 29.1 Å². The molecule has 1 amide bonds. The molecule has 1 aromatic heterocycles. The number of sulfone groups is 1. The van der Waals surface area contributed by atoms with E-state index in [2.05, 4.69) is 10.3 Å². The van der Waals surface area contributed by atoms with Crippen molar-refractivity contribution < 1.29 is 23.1 Å². The second kappa shape index (κ2) is 6.47. The highest BCUT2D eigenvalue weighted by atomic mass is 32.2. The number of carbonyl (C=O) groups is 2. The Morgan fingerprint density at radius 1 is 1.35 bits per heavy atom. The molecule has 1 rings (SSSR count). The van der Waals surface area contributed by atoms with Gasteiger partial charge in [0, 0.05) is 12.3 Å². The Balaban J connectivity index is 2.70. The topological polar surface area (TPSA) is 113 Å². The van der Waals surface area contributed by atoms with Crippen LogP contribution in [-0.4, -0.2) is 48.4 Å². The summed E-state index contributed by atoms with van der Waals surface area (Å²) in [5.41, 5.74) is 0.308. The van der Waals surface area contributed by atoms with Crippen molar-refractivity contribution in [3.63, 3.8) is 0 Å². The molecule has 1 aromatic rings. The predicted molar refractivity (Wildman–Crippen MR) is 72.6 cm³/mol. The molecule has 0 radical (unpaired) electrons. The van der Waals surface area contributed by atoms with E-state index in [4.69, 9.17) is 5.11 Å². The Bertz CT molecular complexity index is 625. The normalized spacial score (nSPS) is 11.1. The average molecular weight is 300 g/mol. The Kier molecular flexibility index (Phi) is 5.20. The summed E-state index contributed by atoms with van der Waals surface area (Å²) in [6.45, 7) is 3.02. The Morgan fingerprint density at radius 2 is 2.00 bits per heavy atom. The molecular weight excluding hydrogens is 284 g/mol. The Labute approximate surface area is 116 Å². The first kappa shape index (κ1) is 16.1. The number of pyridine rings is 1. The monoisotopic (exact) mass is 300 g/mol. The SMILES string of the molecule is CCS(=O)(=O)CCNC(=O)c1ccc(C(=O)O)c(C)n1. The van der Waals surface area contributed by atoms with E-state index in [-0.39, 0.29) is 35.0 Å². The van der Waals surface area contributed by atoms with E-state index in [1.807, 2.05) is 0 Å². The Morgan fingerprint density at radius 3 is 2.50 bits per heavy atom. The lowest BCUT2D eigenvalue weighted by Gasteiger charge is -2.06. The molecule has 0 aromatic carbocycles. The molecule has 0 saturated heterocycles. The molecule has 0 unspecified atom stereocenters. The van der Waals surface area contributed by atoms with Crippen molar-refractivity contribution >= 4 is 21.7 Å². The maximum absolute atomic E-state index is 11.7. The highest BCUT2D eigenvalue weighted by molar-refractivity contribution is 7.91. The molecule has 1 heterocycles. The minimum Gasteiger partial charge on any atom is -0.478 e. The van der Waals surface area contributed by atoms with Crippen LogP contribution in [0.3, 0.4) is 0 Å². The van der Waals surface area contributed by atoms with Gasteiger partial charge < -0.3 is 10.4 Å². The summed E-state index contributed by atoms with van der Waals surface area (Å²) >= 11 is 0. The molecule has 0 atom stereocenters.